The number of rotatable bonds is 3. The van der Waals surface area contributed by atoms with Gasteiger partial charge in [0.05, 0.1) is 0 Å². The smallest absolute Gasteiger partial charge is 0.317 e. The van der Waals surface area contributed by atoms with Gasteiger partial charge < -0.3 is 15.1 Å². The van der Waals surface area contributed by atoms with Gasteiger partial charge in [0.25, 0.3) is 0 Å². The Kier molecular flexibility index (Phi) is 5.49. The summed E-state index contributed by atoms with van der Waals surface area (Å²) in [6, 6.07) is 14.1. The number of anilines is 1. The molecule has 1 N–H and O–H groups in total. The Labute approximate surface area is 154 Å². The molecule has 1 saturated heterocycles. The third-order valence-corrected chi connectivity index (χ3v) is 4.99. The van der Waals surface area contributed by atoms with Gasteiger partial charge in [0, 0.05) is 43.4 Å². The highest BCUT2D eigenvalue weighted by Crippen LogP contribution is 2.24. The second-order valence-electron chi connectivity index (χ2n) is 6.49. The zero-order valence-electron chi connectivity index (χ0n) is 14.8. The number of aryl methyl sites for hydroxylation is 2. The van der Waals surface area contributed by atoms with E-state index in [9.17, 15) is 4.79 Å². The van der Waals surface area contributed by atoms with Crippen molar-refractivity contribution in [1.29, 1.82) is 0 Å². The number of nitrogens with one attached hydrogen (secondary N) is 1. The molecule has 0 aromatic heterocycles. The van der Waals surface area contributed by atoms with Crippen molar-refractivity contribution < 1.29 is 4.79 Å². The van der Waals surface area contributed by atoms with Gasteiger partial charge >= 0.3 is 6.03 Å². The van der Waals surface area contributed by atoms with E-state index in [4.69, 9.17) is 11.6 Å². The standard InChI is InChI=1S/C20H24ClN3O/c1-15-5-3-4-6-17(15)14-22-20(25)24-11-9-23(10-12-24)19-8-7-18(21)13-16(19)2/h3-8,13H,9-12,14H2,1-2H3,(H,22,25). The highest BCUT2D eigenvalue weighted by Gasteiger charge is 2.22. The Balaban J connectivity index is 1.53. The normalized spacial score (nSPS) is 14.5. The van der Waals surface area contributed by atoms with Gasteiger partial charge in [-0.05, 0) is 48.7 Å². The fraction of sp³-hybridized carbons (Fsp3) is 0.350. The van der Waals surface area contributed by atoms with Crippen LogP contribution in [-0.2, 0) is 6.54 Å². The average Bonchev–Trinajstić information content (AvgIpc) is 2.61. The molecule has 0 unspecified atom stereocenters. The Hall–Kier alpha value is -2.20. The Morgan fingerprint density at radius 2 is 1.76 bits per heavy atom. The predicted octanol–water partition coefficient (Wildman–Crippen LogP) is 3.99. The minimum absolute atomic E-state index is 0.00994. The van der Waals surface area contributed by atoms with Crippen molar-refractivity contribution in [2.24, 2.45) is 0 Å². The lowest BCUT2D eigenvalue weighted by molar-refractivity contribution is 0.194. The number of nitrogens with zero attached hydrogens (tertiary/aromatic N) is 2. The first-order valence-electron chi connectivity index (χ1n) is 8.63. The van der Waals surface area contributed by atoms with Crippen LogP contribution in [0, 0.1) is 13.8 Å². The van der Waals surface area contributed by atoms with Gasteiger partial charge in [0.2, 0.25) is 0 Å². The Morgan fingerprint density at radius 1 is 1.04 bits per heavy atom. The molecule has 0 saturated carbocycles. The highest BCUT2D eigenvalue weighted by atomic mass is 35.5. The van der Waals surface area contributed by atoms with Crippen molar-refractivity contribution in [3.63, 3.8) is 0 Å². The highest BCUT2D eigenvalue weighted by molar-refractivity contribution is 6.30. The first-order valence-corrected chi connectivity index (χ1v) is 9.01. The molecule has 2 aromatic carbocycles. The molecule has 1 aliphatic heterocycles. The van der Waals surface area contributed by atoms with E-state index in [-0.39, 0.29) is 6.03 Å². The molecule has 0 spiro atoms. The lowest BCUT2D eigenvalue weighted by atomic mass is 10.1. The van der Waals surface area contributed by atoms with Crippen LogP contribution in [0.15, 0.2) is 42.5 Å². The van der Waals surface area contributed by atoms with Crippen LogP contribution in [-0.4, -0.2) is 37.1 Å². The zero-order chi connectivity index (χ0) is 17.8. The number of carbonyl (C=O) groups excluding carboxylic acids is 1. The number of carbonyl (C=O) groups is 1. The van der Waals surface area contributed by atoms with Crippen molar-refractivity contribution in [2.45, 2.75) is 20.4 Å². The fourth-order valence-corrected chi connectivity index (χ4v) is 3.44. The number of hydrogen-bond donors (Lipinski definition) is 1. The van der Waals surface area contributed by atoms with Crippen LogP contribution in [0.1, 0.15) is 16.7 Å². The Morgan fingerprint density at radius 3 is 2.44 bits per heavy atom. The summed E-state index contributed by atoms with van der Waals surface area (Å²) in [6.07, 6.45) is 0. The quantitative estimate of drug-likeness (QED) is 0.901. The fourth-order valence-electron chi connectivity index (χ4n) is 3.22. The molecule has 0 atom stereocenters. The average molecular weight is 358 g/mol. The first kappa shape index (κ1) is 17.6. The molecule has 132 valence electrons. The lowest BCUT2D eigenvalue weighted by Crippen LogP contribution is -2.51. The van der Waals surface area contributed by atoms with E-state index in [1.165, 1.54) is 16.8 Å². The summed E-state index contributed by atoms with van der Waals surface area (Å²) in [5.41, 5.74) is 4.73. The van der Waals surface area contributed by atoms with E-state index < -0.39 is 0 Å². The van der Waals surface area contributed by atoms with Gasteiger partial charge in [-0.3, -0.25) is 0 Å². The minimum atomic E-state index is 0.00994. The minimum Gasteiger partial charge on any atom is -0.368 e. The van der Waals surface area contributed by atoms with E-state index in [2.05, 4.69) is 42.3 Å². The second-order valence-corrected chi connectivity index (χ2v) is 6.93. The number of hydrogen-bond acceptors (Lipinski definition) is 2. The van der Waals surface area contributed by atoms with Crippen molar-refractivity contribution in [3.8, 4) is 0 Å². The molecule has 2 aromatic rings. The van der Waals surface area contributed by atoms with Gasteiger partial charge in [0.15, 0.2) is 0 Å². The molecular formula is C20H24ClN3O. The third kappa shape index (κ3) is 4.26. The van der Waals surface area contributed by atoms with Crippen molar-refractivity contribution in [1.82, 2.24) is 10.2 Å². The largest absolute Gasteiger partial charge is 0.368 e. The molecular weight excluding hydrogens is 334 g/mol. The maximum Gasteiger partial charge on any atom is 0.317 e. The van der Waals surface area contributed by atoms with Crippen LogP contribution in [0.2, 0.25) is 5.02 Å². The molecule has 2 amide bonds. The summed E-state index contributed by atoms with van der Waals surface area (Å²) < 4.78 is 0. The van der Waals surface area contributed by atoms with E-state index in [0.717, 1.165) is 36.8 Å². The molecule has 0 bridgehead atoms. The number of piperazine rings is 1. The maximum atomic E-state index is 12.4. The third-order valence-electron chi connectivity index (χ3n) is 4.76. The number of amides is 2. The van der Waals surface area contributed by atoms with E-state index >= 15 is 0 Å². The molecule has 0 radical (unpaired) electrons. The molecule has 3 rings (SSSR count). The summed E-state index contributed by atoms with van der Waals surface area (Å²) in [5, 5.41) is 3.79. The van der Waals surface area contributed by atoms with Gasteiger partial charge in [-0.15, -0.1) is 0 Å². The summed E-state index contributed by atoms with van der Waals surface area (Å²) >= 11 is 6.04. The zero-order valence-corrected chi connectivity index (χ0v) is 15.5. The van der Waals surface area contributed by atoms with Crippen LogP contribution < -0.4 is 10.2 Å². The molecule has 5 heteroatoms. The molecule has 1 aliphatic rings. The van der Waals surface area contributed by atoms with Crippen molar-refractivity contribution in [3.05, 3.63) is 64.2 Å². The van der Waals surface area contributed by atoms with Gasteiger partial charge in [-0.1, -0.05) is 35.9 Å². The maximum absolute atomic E-state index is 12.4. The van der Waals surface area contributed by atoms with E-state index in [1.54, 1.807) is 0 Å². The first-order chi connectivity index (χ1) is 12.0. The summed E-state index contributed by atoms with van der Waals surface area (Å²) in [5.74, 6) is 0. The molecule has 0 aliphatic carbocycles. The Bertz CT molecular complexity index is 754. The molecule has 4 nitrogen and oxygen atoms in total. The van der Waals surface area contributed by atoms with Crippen molar-refractivity contribution in [2.75, 3.05) is 31.1 Å². The summed E-state index contributed by atoms with van der Waals surface area (Å²) in [4.78, 5) is 16.6. The van der Waals surface area contributed by atoms with E-state index in [0.29, 0.717) is 6.54 Å². The van der Waals surface area contributed by atoms with Gasteiger partial charge in [-0.25, -0.2) is 4.79 Å². The molecule has 1 fully saturated rings. The van der Waals surface area contributed by atoms with E-state index in [1.807, 2.05) is 29.2 Å². The van der Waals surface area contributed by atoms with Crippen LogP contribution >= 0.6 is 11.6 Å². The monoisotopic (exact) mass is 357 g/mol. The van der Waals surface area contributed by atoms with Crippen LogP contribution in [0.3, 0.4) is 0 Å². The topological polar surface area (TPSA) is 35.6 Å². The predicted molar refractivity (Wildman–Crippen MR) is 103 cm³/mol. The summed E-state index contributed by atoms with van der Waals surface area (Å²) in [7, 11) is 0. The lowest BCUT2D eigenvalue weighted by Gasteiger charge is -2.36. The molecule has 25 heavy (non-hydrogen) atoms. The number of benzene rings is 2. The van der Waals surface area contributed by atoms with Crippen LogP contribution in [0.25, 0.3) is 0 Å². The van der Waals surface area contributed by atoms with Crippen molar-refractivity contribution >= 4 is 23.3 Å². The second kappa shape index (κ2) is 7.79. The number of urea groups is 1. The van der Waals surface area contributed by atoms with Gasteiger partial charge in [-0.2, -0.15) is 0 Å². The SMILES string of the molecule is Cc1ccccc1CNC(=O)N1CCN(c2ccc(Cl)cc2C)CC1. The van der Waals surface area contributed by atoms with Crippen LogP contribution in [0.4, 0.5) is 10.5 Å². The molecule has 1 heterocycles. The van der Waals surface area contributed by atoms with Crippen LogP contribution in [0.5, 0.6) is 0 Å². The summed E-state index contributed by atoms with van der Waals surface area (Å²) in [6.45, 7) is 7.82. The van der Waals surface area contributed by atoms with Gasteiger partial charge in [0.1, 0.15) is 0 Å². The number of halogens is 1.